The number of carbonyl (C=O) groups excluding carboxylic acids is 1. The van der Waals surface area contributed by atoms with Crippen LogP contribution in [0.15, 0.2) is 6.07 Å². The molecule has 1 rings (SSSR count). The van der Waals surface area contributed by atoms with E-state index in [1.54, 1.807) is 13.0 Å². The number of nitrogens with zero attached hydrogens (tertiary/aromatic N) is 1. The van der Waals surface area contributed by atoms with Crippen LogP contribution in [0.3, 0.4) is 0 Å². The number of nitrogens with one attached hydrogen (secondary N) is 1. The summed E-state index contributed by atoms with van der Waals surface area (Å²) in [6.07, 6.45) is 5.44. The molecule has 1 atom stereocenters. The Morgan fingerprint density at radius 3 is 2.88 bits per heavy atom. The first kappa shape index (κ1) is 12.3. The van der Waals surface area contributed by atoms with E-state index in [1.807, 2.05) is 0 Å². The second-order valence-electron chi connectivity index (χ2n) is 4.09. The van der Waals surface area contributed by atoms with Crippen LogP contribution in [0.2, 0.25) is 0 Å². The fourth-order valence-corrected chi connectivity index (χ4v) is 1.27. The van der Waals surface area contributed by atoms with Crippen molar-refractivity contribution in [2.24, 2.45) is 5.92 Å². The van der Waals surface area contributed by atoms with Gasteiger partial charge in [-0.3, -0.25) is 5.10 Å². The number of aromatic nitrogens is 2. The molecule has 0 unspecified atom stereocenters. The summed E-state index contributed by atoms with van der Waals surface area (Å²) in [5, 5.41) is 6.70. The highest BCUT2D eigenvalue weighted by Crippen LogP contribution is 2.08. The summed E-state index contributed by atoms with van der Waals surface area (Å²) in [5.74, 6) is 2.34. The zero-order valence-electron chi connectivity index (χ0n) is 9.78. The highest BCUT2D eigenvalue weighted by Gasteiger charge is 2.14. The van der Waals surface area contributed by atoms with Crippen LogP contribution >= 0.6 is 0 Å². The lowest BCUT2D eigenvalue weighted by atomic mass is 10.1. The van der Waals surface area contributed by atoms with Gasteiger partial charge >= 0.3 is 5.97 Å². The summed E-state index contributed by atoms with van der Waals surface area (Å²) in [4.78, 5) is 11.5. The molecule has 0 aromatic carbocycles. The first-order valence-corrected chi connectivity index (χ1v) is 5.24. The Labute approximate surface area is 95.4 Å². The first-order chi connectivity index (χ1) is 7.52. The third kappa shape index (κ3) is 3.43. The van der Waals surface area contributed by atoms with Gasteiger partial charge in [0.1, 0.15) is 0 Å². The maximum absolute atomic E-state index is 11.5. The molecule has 0 radical (unpaired) electrons. The van der Waals surface area contributed by atoms with E-state index in [-0.39, 0.29) is 5.69 Å². The van der Waals surface area contributed by atoms with Crippen molar-refractivity contribution >= 4 is 5.97 Å². The summed E-state index contributed by atoms with van der Waals surface area (Å²) < 4.78 is 4.95. The third-order valence-corrected chi connectivity index (χ3v) is 1.99. The van der Waals surface area contributed by atoms with Crippen LogP contribution in [0, 0.1) is 18.3 Å². The van der Waals surface area contributed by atoms with E-state index in [0.717, 1.165) is 12.1 Å². The predicted octanol–water partition coefficient (Wildman–Crippen LogP) is 1.79. The lowest BCUT2D eigenvalue weighted by Gasteiger charge is -2.04. The Balaban J connectivity index is 2.64. The Kier molecular flexibility index (Phi) is 4.12. The van der Waals surface area contributed by atoms with Crippen molar-refractivity contribution in [1.82, 2.24) is 10.2 Å². The zero-order valence-corrected chi connectivity index (χ0v) is 9.78. The van der Waals surface area contributed by atoms with Crippen molar-refractivity contribution in [2.45, 2.75) is 33.3 Å². The molecule has 16 heavy (non-hydrogen) atoms. The smallest absolute Gasteiger partial charge is 0.360 e. The minimum atomic E-state index is -0.530. The maximum Gasteiger partial charge on any atom is 0.360 e. The van der Waals surface area contributed by atoms with Crippen LogP contribution in [-0.4, -0.2) is 22.3 Å². The molecule has 0 saturated heterocycles. The van der Waals surface area contributed by atoms with Crippen molar-refractivity contribution in [3.63, 3.8) is 0 Å². The molecule has 0 aliphatic rings. The number of carbonyl (C=O) groups is 1. The van der Waals surface area contributed by atoms with E-state index in [2.05, 4.69) is 30.0 Å². The van der Waals surface area contributed by atoms with E-state index in [9.17, 15) is 4.79 Å². The number of esters is 1. The van der Waals surface area contributed by atoms with Crippen molar-refractivity contribution in [3.8, 4) is 12.3 Å². The van der Waals surface area contributed by atoms with Crippen LogP contribution in [0.5, 0.6) is 0 Å². The molecule has 1 aromatic heterocycles. The minimum Gasteiger partial charge on any atom is -0.445 e. The molecule has 1 heterocycles. The van der Waals surface area contributed by atoms with Gasteiger partial charge in [0.15, 0.2) is 11.8 Å². The average molecular weight is 220 g/mol. The fraction of sp³-hybridized carbons (Fsp3) is 0.500. The summed E-state index contributed by atoms with van der Waals surface area (Å²) in [6.45, 7) is 5.83. The molecule has 0 bridgehead atoms. The van der Waals surface area contributed by atoms with Crippen LogP contribution < -0.4 is 0 Å². The van der Waals surface area contributed by atoms with Gasteiger partial charge < -0.3 is 4.74 Å². The molecule has 0 aliphatic heterocycles. The van der Waals surface area contributed by atoms with Crippen LogP contribution in [0.25, 0.3) is 0 Å². The molecule has 0 spiro atoms. The van der Waals surface area contributed by atoms with E-state index < -0.39 is 12.1 Å². The van der Waals surface area contributed by atoms with Crippen molar-refractivity contribution in [2.75, 3.05) is 0 Å². The van der Waals surface area contributed by atoms with E-state index in [1.165, 1.54) is 0 Å². The second kappa shape index (κ2) is 5.36. The molecule has 0 fully saturated rings. The number of terminal acetylenes is 1. The van der Waals surface area contributed by atoms with Gasteiger partial charge in [-0.05, 0) is 25.3 Å². The molecular weight excluding hydrogens is 204 g/mol. The summed E-state index contributed by atoms with van der Waals surface area (Å²) >= 11 is 0. The van der Waals surface area contributed by atoms with Crippen molar-refractivity contribution in [3.05, 3.63) is 17.5 Å². The van der Waals surface area contributed by atoms with E-state index in [4.69, 9.17) is 11.2 Å². The number of hydrogen-bond donors (Lipinski definition) is 1. The van der Waals surface area contributed by atoms with Crippen LogP contribution in [0.4, 0.5) is 0 Å². The van der Waals surface area contributed by atoms with Crippen LogP contribution in [0.1, 0.15) is 37.0 Å². The number of rotatable bonds is 4. The Morgan fingerprint density at radius 1 is 1.62 bits per heavy atom. The Hall–Kier alpha value is -1.76. The summed E-state index contributed by atoms with van der Waals surface area (Å²) in [7, 11) is 0. The highest BCUT2D eigenvalue weighted by molar-refractivity contribution is 5.87. The number of H-pyrrole nitrogens is 1. The van der Waals surface area contributed by atoms with E-state index >= 15 is 0 Å². The molecule has 0 aliphatic carbocycles. The molecule has 4 heteroatoms. The molecule has 0 amide bonds. The Morgan fingerprint density at radius 2 is 2.31 bits per heavy atom. The highest BCUT2D eigenvalue weighted by atomic mass is 16.5. The molecule has 1 aromatic rings. The second-order valence-corrected chi connectivity index (χ2v) is 4.09. The van der Waals surface area contributed by atoms with E-state index in [0.29, 0.717) is 5.92 Å². The molecule has 0 saturated carbocycles. The van der Waals surface area contributed by atoms with Gasteiger partial charge in [-0.25, -0.2) is 4.79 Å². The largest absolute Gasteiger partial charge is 0.445 e. The zero-order chi connectivity index (χ0) is 12.1. The maximum atomic E-state index is 11.5. The van der Waals surface area contributed by atoms with Crippen LogP contribution in [-0.2, 0) is 11.2 Å². The summed E-state index contributed by atoms with van der Waals surface area (Å²) in [6, 6.07) is 1.70. The van der Waals surface area contributed by atoms with Gasteiger partial charge in [0.25, 0.3) is 0 Å². The number of hydrogen-bond acceptors (Lipinski definition) is 3. The molecule has 86 valence electrons. The lowest BCUT2D eigenvalue weighted by molar-refractivity contribution is 0.0432. The standard InChI is InChI=1S/C12H16N2O2/c1-5-9(4)16-12(15)11-7-10(13-14-11)6-8(2)3/h1,7-9H,6H2,2-4H3,(H,13,14)/t9-/m1/s1. The first-order valence-electron chi connectivity index (χ1n) is 5.24. The molecule has 1 N–H and O–H groups in total. The van der Waals surface area contributed by atoms with Gasteiger partial charge in [-0.1, -0.05) is 19.8 Å². The predicted molar refractivity (Wildman–Crippen MR) is 60.8 cm³/mol. The van der Waals surface area contributed by atoms with Gasteiger partial charge in [-0.2, -0.15) is 5.10 Å². The minimum absolute atomic E-state index is 0.276. The normalized spacial score (nSPS) is 12.2. The quantitative estimate of drug-likeness (QED) is 0.621. The molecular formula is C12H16N2O2. The number of aromatic amines is 1. The van der Waals surface area contributed by atoms with Gasteiger partial charge in [-0.15, -0.1) is 6.42 Å². The van der Waals surface area contributed by atoms with Gasteiger partial charge in [0.05, 0.1) is 0 Å². The molecule has 4 nitrogen and oxygen atoms in total. The SMILES string of the molecule is C#C[C@@H](C)OC(=O)c1cc(CC(C)C)[nH]n1. The third-order valence-electron chi connectivity index (χ3n) is 1.99. The average Bonchev–Trinajstić information content (AvgIpc) is 2.65. The fourth-order valence-electron chi connectivity index (χ4n) is 1.27. The van der Waals surface area contributed by atoms with Crippen molar-refractivity contribution in [1.29, 1.82) is 0 Å². The topological polar surface area (TPSA) is 55.0 Å². The Bertz CT molecular complexity index is 401. The monoisotopic (exact) mass is 220 g/mol. The van der Waals surface area contributed by atoms with Gasteiger partial charge in [0, 0.05) is 5.69 Å². The summed E-state index contributed by atoms with van der Waals surface area (Å²) in [5.41, 5.74) is 1.20. The number of ether oxygens (including phenoxy) is 1. The lowest BCUT2D eigenvalue weighted by Crippen LogP contribution is -2.13. The van der Waals surface area contributed by atoms with Crippen molar-refractivity contribution < 1.29 is 9.53 Å². The van der Waals surface area contributed by atoms with Gasteiger partial charge in [0.2, 0.25) is 0 Å².